The molecule has 2 aliphatic heterocycles. The fraction of sp³-hybridized carbons (Fsp3) is 0.0714. The lowest BCUT2D eigenvalue weighted by atomic mass is 10.1. The highest BCUT2D eigenvalue weighted by atomic mass is 35.5. The highest BCUT2D eigenvalue weighted by molar-refractivity contribution is 8.20. The van der Waals surface area contributed by atoms with Gasteiger partial charge in [-0.25, -0.2) is 4.99 Å². The Morgan fingerprint density at radius 2 is 1.69 bits per heavy atom. The Morgan fingerprint density at radius 1 is 0.886 bits per heavy atom. The van der Waals surface area contributed by atoms with E-state index in [0.29, 0.717) is 15.1 Å². The molecule has 2 aliphatic rings. The average Bonchev–Trinajstić information content (AvgIpc) is 3.35. The van der Waals surface area contributed by atoms with Crippen LogP contribution in [0.4, 0.5) is 17.1 Å². The Labute approximate surface area is 217 Å². The van der Waals surface area contributed by atoms with Crippen LogP contribution in [0.3, 0.4) is 0 Å². The number of carbonyl (C=O) groups excluding carboxylic acids is 1. The molecule has 6 rings (SSSR count). The first-order valence-electron chi connectivity index (χ1n) is 11.1. The first kappa shape index (κ1) is 22.3. The van der Waals surface area contributed by atoms with E-state index in [1.165, 1.54) is 11.8 Å². The number of amidine groups is 1. The van der Waals surface area contributed by atoms with E-state index in [-0.39, 0.29) is 5.91 Å². The number of thioether (sulfide) groups is 2. The molecule has 0 bridgehead atoms. The monoisotopic (exact) mass is 513 g/mol. The van der Waals surface area contributed by atoms with E-state index in [2.05, 4.69) is 18.2 Å². The number of hydrogen-bond acceptors (Lipinski definition) is 5. The zero-order valence-electron chi connectivity index (χ0n) is 19.0. The second-order valence-corrected chi connectivity index (χ2v) is 10.8. The number of benzene rings is 4. The molecular weight excluding hydrogens is 494 g/mol. The number of halogens is 1. The summed E-state index contributed by atoms with van der Waals surface area (Å²) >= 11 is 9.26. The van der Waals surface area contributed by atoms with Crippen molar-refractivity contribution in [1.29, 1.82) is 0 Å². The highest BCUT2D eigenvalue weighted by Gasteiger charge is 2.40. The van der Waals surface area contributed by atoms with Crippen LogP contribution >= 0.6 is 35.1 Å². The summed E-state index contributed by atoms with van der Waals surface area (Å²) in [6.07, 6.45) is 0. The van der Waals surface area contributed by atoms with Crippen molar-refractivity contribution in [3.63, 3.8) is 0 Å². The molecule has 0 radical (unpaired) electrons. The molecular formula is C28H20ClN3OS2. The van der Waals surface area contributed by atoms with Gasteiger partial charge in [0.25, 0.3) is 5.91 Å². The molecule has 4 nitrogen and oxygen atoms in total. The normalized spacial score (nSPS) is 18.7. The lowest BCUT2D eigenvalue weighted by molar-refractivity contribution is -0.113. The van der Waals surface area contributed by atoms with E-state index in [1.807, 2.05) is 85.6 Å². The van der Waals surface area contributed by atoms with Crippen LogP contribution in [0.5, 0.6) is 0 Å². The molecule has 1 amide bonds. The molecule has 0 unspecified atom stereocenters. The van der Waals surface area contributed by atoms with E-state index in [1.54, 1.807) is 16.7 Å². The predicted octanol–water partition coefficient (Wildman–Crippen LogP) is 7.98. The number of anilines is 2. The van der Waals surface area contributed by atoms with Gasteiger partial charge in [-0.1, -0.05) is 71.9 Å². The molecule has 35 heavy (non-hydrogen) atoms. The summed E-state index contributed by atoms with van der Waals surface area (Å²) in [5, 5.41) is 4.37. The van der Waals surface area contributed by atoms with Crippen LogP contribution in [0.1, 0.15) is 5.56 Å². The van der Waals surface area contributed by atoms with Gasteiger partial charge in [0.05, 0.1) is 22.1 Å². The molecule has 0 aliphatic carbocycles. The van der Waals surface area contributed by atoms with Gasteiger partial charge in [0.2, 0.25) is 0 Å². The minimum absolute atomic E-state index is 0.0761. The first-order valence-corrected chi connectivity index (χ1v) is 13.1. The van der Waals surface area contributed by atoms with Crippen molar-refractivity contribution in [3.05, 3.63) is 105 Å². The van der Waals surface area contributed by atoms with Gasteiger partial charge in [-0.2, -0.15) is 0 Å². The number of carbonyl (C=O) groups is 1. The Hall–Kier alpha value is -3.19. The van der Waals surface area contributed by atoms with E-state index in [0.717, 1.165) is 43.3 Å². The number of hydrogen-bond donors (Lipinski definition) is 0. The van der Waals surface area contributed by atoms with Gasteiger partial charge in [-0.15, -0.1) is 0 Å². The second-order valence-electron chi connectivity index (χ2n) is 8.38. The van der Waals surface area contributed by atoms with Gasteiger partial charge in [0, 0.05) is 22.4 Å². The highest BCUT2D eigenvalue weighted by Crippen LogP contribution is 2.51. The zero-order valence-corrected chi connectivity index (χ0v) is 21.4. The SMILES string of the molecule is Cc1cccc(N2C(=O)/C(=C3/Sc4ccc(Cl)cc4N3C)SC2=Nc2cccc3ccccc23)c1. The molecule has 4 aromatic carbocycles. The number of amides is 1. The van der Waals surface area contributed by atoms with Crippen LogP contribution in [-0.4, -0.2) is 18.1 Å². The third-order valence-electron chi connectivity index (χ3n) is 6.01. The van der Waals surface area contributed by atoms with Gasteiger partial charge >= 0.3 is 0 Å². The maximum Gasteiger partial charge on any atom is 0.274 e. The fourth-order valence-electron chi connectivity index (χ4n) is 4.30. The molecule has 7 heteroatoms. The summed E-state index contributed by atoms with van der Waals surface area (Å²) in [7, 11) is 1.97. The van der Waals surface area contributed by atoms with Crippen LogP contribution in [0.25, 0.3) is 10.8 Å². The largest absolute Gasteiger partial charge is 0.337 e. The molecule has 2 heterocycles. The van der Waals surface area contributed by atoms with Gasteiger partial charge in [-0.3, -0.25) is 9.69 Å². The topological polar surface area (TPSA) is 35.9 Å². The molecule has 0 N–H and O–H groups in total. The summed E-state index contributed by atoms with van der Waals surface area (Å²) in [5.74, 6) is -0.0761. The first-order chi connectivity index (χ1) is 17.0. The van der Waals surface area contributed by atoms with E-state index in [9.17, 15) is 4.79 Å². The summed E-state index contributed by atoms with van der Waals surface area (Å²) < 4.78 is 0. The molecule has 0 aromatic heterocycles. The fourth-order valence-corrected chi connectivity index (χ4v) is 6.79. The molecule has 0 atom stereocenters. The van der Waals surface area contributed by atoms with Crippen LogP contribution in [0.15, 0.2) is 105 Å². The summed E-state index contributed by atoms with van der Waals surface area (Å²) in [4.78, 5) is 24.5. The van der Waals surface area contributed by atoms with Gasteiger partial charge in [0.1, 0.15) is 4.91 Å². The van der Waals surface area contributed by atoms with Crippen molar-refractivity contribution in [2.75, 3.05) is 16.8 Å². The Kier molecular flexibility index (Phi) is 5.60. The Morgan fingerprint density at radius 3 is 2.54 bits per heavy atom. The van der Waals surface area contributed by atoms with Crippen molar-refractivity contribution in [1.82, 2.24) is 0 Å². The maximum atomic E-state index is 13.9. The second kappa shape index (κ2) is 8.79. The molecule has 1 saturated heterocycles. The lowest BCUT2D eigenvalue weighted by Crippen LogP contribution is -2.29. The molecule has 0 spiro atoms. The number of aliphatic imine (C=N–C) groups is 1. The zero-order chi connectivity index (χ0) is 24.1. The van der Waals surface area contributed by atoms with Crippen molar-refractivity contribution in [2.24, 2.45) is 4.99 Å². The predicted molar refractivity (Wildman–Crippen MR) is 150 cm³/mol. The quantitative estimate of drug-likeness (QED) is 0.254. The summed E-state index contributed by atoms with van der Waals surface area (Å²) in [5.41, 5.74) is 3.73. The molecule has 0 saturated carbocycles. The van der Waals surface area contributed by atoms with Crippen molar-refractivity contribution < 1.29 is 4.79 Å². The Balaban J connectivity index is 1.51. The van der Waals surface area contributed by atoms with Crippen molar-refractivity contribution >= 4 is 74.0 Å². The van der Waals surface area contributed by atoms with Crippen LogP contribution in [-0.2, 0) is 4.79 Å². The smallest absolute Gasteiger partial charge is 0.274 e. The Bertz CT molecular complexity index is 1570. The van der Waals surface area contributed by atoms with Gasteiger partial charge in [0.15, 0.2) is 5.17 Å². The molecule has 172 valence electrons. The molecule has 4 aromatic rings. The van der Waals surface area contributed by atoms with E-state index < -0.39 is 0 Å². The number of nitrogens with zero attached hydrogens (tertiary/aromatic N) is 3. The minimum Gasteiger partial charge on any atom is -0.337 e. The lowest BCUT2D eigenvalue weighted by Gasteiger charge is -2.17. The number of rotatable bonds is 2. The maximum absolute atomic E-state index is 13.9. The van der Waals surface area contributed by atoms with Crippen molar-refractivity contribution in [2.45, 2.75) is 11.8 Å². The van der Waals surface area contributed by atoms with Crippen LogP contribution < -0.4 is 9.80 Å². The average molecular weight is 514 g/mol. The number of aryl methyl sites for hydroxylation is 1. The third-order valence-corrected chi connectivity index (χ3v) is 8.64. The minimum atomic E-state index is -0.0761. The van der Waals surface area contributed by atoms with Gasteiger partial charge in [-0.05, 0) is 66.0 Å². The van der Waals surface area contributed by atoms with E-state index in [4.69, 9.17) is 16.6 Å². The standard InChI is InChI=1S/C28H20ClN3OS2/c1-17-7-5-10-20(15-17)32-26(33)25(27-31(2)23-16-19(29)13-14-24(23)34-27)35-28(32)30-22-12-6-9-18-8-3-4-11-21(18)22/h3-16H,1-2H3/b27-25-,30-28?. The van der Waals surface area contributed by atoms with Gasteiger partial charge < -0.3 is 4.90 Å². The summed E-state index contributed by atoms with van der Waals surface area (Å²) in [6, 6.07) is 28.0. The van der Waals surface area contributed by atoms with Crippen LogP contribution in [0.2, 0.25) is 5.02 Å². The van der Waals surface area contributed by atoms with E-state index >= 15 is 0 Å². The third kappa shape index (κ3) is 3.92. The summed E-state index contributed by atoms with van der Waals surface area (Å²) in [6.45, 7) is 2.03. The van der Waals surface area contributed by atoms with Crippen LogP contribution in [0, 0.1) is 6.92 Å². The molecule has 1 fully saturated rings. The van der Waals surface area contributed by atoms with Crippen molar-refractivity contribution in [3.8, 4) is 0 Å². The number of fused-ring (bicyclic) bond motifs is 2.